The summed E-state index contributed by atoms with van der Waals surface area (Å²) in [6.07, 6.45) is 4.47. The van der Waals surface area contributed by atoms with Gasteiger partial charge in [0.25, 0.3) is 0 Å². The van der Waals surface area contributed by atoms with Gasteiger partial charge >= 0.3 is 0 Å². The molecule has 0 aliphatic rings. The summed E-state index contributed by atoms with van der Waals surface area (Å²) in [4.78, 5) is 0. The van der Waals surface area contributed by atoms with Gasteiger partial charge in [-0.3, -0.25) is 4.68 Å². The second-order valence-corrected chi connectivity index (χ2v) is 4.33. The van der Waals surface area contributed by atoms with E-state index in [0.717, 1.165) is 19.3 Å². The van der Waals surface area contributed by atoms with E-state index in [1.165, 1.54) is 23.4 Å². The van der Waals surface area contributed by atoms with Crippen LogP contribution in [0.5, 0.6) is 0 Å². The largest absolute Gasteiger partial charge is 0.328 e. The molecule has 3 nitrogen and oxygen atoms in total. The Balaban J connectivity index is 2.50. The maximum absolute atomic E-state index is 5.90. The first-order valence-electron chi connectivity index (χ1n) is 5.80. The van der Waals surface area contributed by atoms with Crippen molar-refractivity contribution in [2.45, 2.75) is 52.5 Å². The zero-order valence-corrected chi connectivity index (χ0v) is 10.4. The molecule has 1 rings (SSSR count). The summed E-state index contributed by atoms with van der Waals surface area (Å²) in [6.45, 7) is 6.36. The maximum Gasteiger partial charge on any atom is 0.0628 e. The van der Waals surface area contributed by atoms with Gasteiger partial charge in [0.05, 0.1) is 5.69 Å². The first-order chi connectivity index (χ1) is 7.06. The molecule has 0 aliphatic heterocycles. The van der Waals surface area contributed by atoms with Crippen LogP contribution >= 0.6 is 0 Å². The van der Waals surface area contributed by atoms with Gasteiger partial charge in [-0.25, -0.2) is 0 Å². The van der Waals surface area contributed by atoms with E-state index in [2.05, 4.69) is 25.9 Å². The minimum Gasteiger partial charge on any atom is -0.328 e. The van der Waals surface area contributed by atoms with Gasteiger partial charge in [0, 0.05) is 18.8 Å². The van der Waals surface area contributed by atoms with Crippen molar-refractivity contribution in [1.29, 1.82) is 0 Å². The van der Waals surface area contributed by atoms with Crippen molar-refractivity contribution in [3.05, 3.63) is 17.0 Å². The molecule has 1 heterocycles. The van der Waals surface area contributed by atoms with E-state index in [9.17, 15) is 0 Å². The van der Waals surface area contributed by atoms with E-state index >= 15 is 0 Å². The lowest BCUT2D eigenvalue weighted by Crippen LogP contribution is -2.18. The van der Waals surface area contributed by atoms with Gasteiger partial charge in [0.15, 0.2) is 0 Å². The summed E-state index contributed by atoms with van der Waals surface area (Å²) in [5.74, 6) is 0. The molecule has 0 fully saturated rings. The Hall–Kier alpha value is -0.830. The van der Waals surface area contributed by atoms with Crippen LogP contribution in [0.15, 0.2) is 0 Å². The smallest absolute Gasteiger partial charge is 0.0628 e. The number of nitrogens with zero attached hydrogens (tertiary/aromatic N) is 2. The third-order valence-corrected chi connectivity index (χ3v) is 3.18. The van der Waals surface area contributed by atoms with Crippen molar-refractivity contribution in [3.63, 3.8) is 0 Å². The second-order valence-electron chi connectivity index (χ2n) is 4.33. The molecule has 86 valence electrons. The van der Waals surface area contributed by atoms with E-state index < -0.39 is 0 Å². The number of rotatable bonds is 5. The number of aryl methyl sites for hydroxylation is 2. The van der Waals surface area contributed by atoms with Crippen molar-refractivity contribution in [2.75, 3.05) is 0 Å². The molecule has 0 radical (unpaired) electrons. The normalized spacial score (nSPS) is 13.1. The highest BCUT2D eigenvalue weighted by Gasteiger charge is 2.09. The van der Waals surface area contributed by atoms with Crippen molar-refractivity contribution >= 4 is 0 Å². The molecular formula is C12H23N3. The summed E-state index contributed by atoms with van der Waals surface area (Å²) < 4.78 is 1.96. The average Bonchev–Trinajstić information content (AvgIpc) is 2.44. The van der Waals surface area contributed by atoms with Gasteiger partial charge in [-0.05, 0) is 45.1 Å². The van der Waals surface area contributed by atoms with Crippen molar-refractivity contribution in [1.82, 2.24) is 9.78 Å². The van der Waals surface area contributed by atoms with Crippen LogP contribution in [0.2, 0.25) is 0 Å². The van der Waals surface area contributed by atoms with Gasteiger partial charge < -0.3 is 5.73 Å². The molecule has 0 aliphatic carbocycles. The van der Waals surface area contributed by atoms with Crippen LogP contribution in [0.25, 0.3) is 0 Å². The zero-order chi connectivity index (χ0) is 11.4. The fraction of sp³-hybridized carbons (Fsp3) is 0.750. The molecule has 1 aromatic heterocycles. The molecule has 0 amide bonds. The lowest BCUT2D eigenvalue weighted by Gasteiger charge is -2.08. The summed E-state index contributed by atoms with van der Waals surface area (Å²) in [6, 6.07) is 0.363. The van der Waals surface area contributed by atoms with Crippen LogP contribution in [0.4, 0.5) is 0 Å². The molecule has 0 saturated carbocycles. The summed E-state index contributed by atoms with van der Waals surface area (Å²) in [5.41, 5.74) is 9.76. The molecule has 2 N–H and O–H groups in total. The van der Waals surface area contributed by atoms with Crippen LogP contribution in [-0.2, 0) is 13.5 Å². The summed E-state index contributed by atoms with van der Waals surface area (Å²) in [5, 5.41) is 4.41. The molecule has 1 unspecified atom stereocenters. The van der Waals surface area contributed by atoms with E-state index in [0.29, 0.717) is 6.04 Å². The molecule has 0 spiro atoms. The first kappa shape index (κ1) is 12.2. The molecule has 1 atom stereocenters. The van der Waals surface area contributed by atoms with E-state index in [1.807, 2.05) is 11.7 Å². The van der Waals surface area contributed by atoms with E-state index in [-0.39, 0.29) is 0 Å². The fourth-order valence-electron chi connectivity index (χ4n) is 1.92. The van der Waals surface area contributed by atoms with E-state index in [1.54, 1.807) is 0 Å². The highest BCUT2D eigenvalue weighted by molar-refractivity contribution is 5.24. The van der Waals surface area contributed by atoms with Crippen molar-refractivity contribution in [2.24, 2.45) is 12.8 Å². The minimum absolute atomic E-state index is 0.363. The number of nitrogens with two attached hydrogens (primary N) is 1. The molecule has 0 saturated heterocycles. The fourth-order valence-corrected chi connectivity index (χ4v) is 1.92. The Labute approximate surface area is 92.7 Å². The highest BCUT2D eigenvalue weighted by atomic mass is 15.3. The Morgan fingerprint density at radius 3 is 2.53 bits per heavy atom. The summed E-state index contributed by atoms with van der Waals surface area (Å²) >= 11 is 0. The van der Waals surface area contributed by atoms with Crippen LogP contribution in [0, 0.1) is 13.8 Å². The third kappa shape index (κ3) is 3.06. The Bertz CT molecular complexity index is 315. The second kappa shape index (κ2) is 5.31. The van der Waals surface area contributed by atoms with Gasteiger partial charge in [-0.1, -0.05) is 6.92 Å². The lowest BCUT2D eigenvalue weighted by molar-refractivity contribution is 0.567. The van der Waals surface area contributed by atoms with Crippen LogP contribution in [-0.4, -0.2) is 15.8 Å². The molecule has 0 aromatic carbocycles. The van der Waals surface area contributed by atoms with Crippen LogP contribution in [0.1, 0.15) is 43.1 Å². The molecular weight excluding hydrogens is 186 g/mol. The van der Waals surface area contributed by atoms with Gasteiger partial charge in [0.2, 0.25) is 0 Å². The standard InChI is InChI=1S/C12H23N3/c1-5-11(13)7-6-8-12-9(2)14-15(4)10(12)3/h11H,5-8,13H2,1-4H3. The summed E-state index contributed by atoms with van der Waals surface area (Å²) in [7, 11) is 2.00. The Kier molecular flexibility index (Phi) is 4.33. The lowest BCUT2D eigenvalue weighted by atomic mass is 10.0. The van der Waals surface area contributed by atoms with Crippen molar-refractivity contribution in [3.8, 4) is 0 Å². The van der Waals surface area contributed by atoms with Gasteiger partial charge in [0.1, 0.15) is 0 Å². The van der Waals surface area contributed by atoms with E-state index in [4.69, 9.17) is 5.73 Å². The van der Waals surface area contributed by atoms with Gasteiger partial charge in [-0.15, -0.1) is 0 Å². The van der Waals surface area contributed by atoms with Crippen LogP contribution < -0.4 is 5.73 Å². The zero-order valence-electron chi connectivity index (χ0n) is 10.4. The molecule has 0 bridgehead atoms. The SMILES string of the molecule is CCC(N)CCCc1c(C)nn(C)c1C. The molecule has 3 heteroatoms. The highest BCUT2D eigenvalue weighted by Crippen LogP contribution is 2.15. The average molecular weight is 209 g/mol. The van der Waals surface area contributed by atoms with Gasteiger partial charge in [-0.2, -0.15) is 5.10 Å². The number of aromatic nitrogens is 2. The monoisotopic (exact) mass is 209 g/mol. The predicted octanol–water partition coefficient (Wildman–Crippen LogP) is 2.10. The predicted molar refractivity (Wildman–Crippen MR) is 63.9 cm³/mol. The molecule has 1 aromatic rings. The minimum atomic E-state index is 0.363. The number of hydrogen-bond acceptors (Lipinski definition) is 2. The Morgan fingerprint density at radius 1 is 1.40 bits per heavy atom. The van der Waals surface area contributed by atoms with Crippen molar-refractivity contribution < 1.29 is 0 Å². The number of hydrogen-bond donors (Lipinski definition) is 1. The Morgan fingerprint density at radius 2 is 2.07 bits per heavy atom. The first-order valence-corrected chi connectivity index (χ1v) is 5.80. The maximum atomic E-state index is 5.90. The molecule has 15 heavy (non-hydrogen) atoms. The van der Waals surface area contributed by atoms with Crippen LogP contribution in [0.3, 0.4) is 0 Å². The quantitative estimate of drug-likeness (QED) is 0.807. The topological polar surface area (TPSA) is 43.8 Å². The third-order valence-electron chi connectivity index (χ3n) is 3.18.